The van der Waals surface area contributed by atoms with Gasteiger partial charge in [0.05, 0.1) is 13.2 Å². The second-order valence-electron chi connectivity index (χ2n) is 7.73. The van der Waals surface area contributed by atoms with Crippen LogP contribution in [0.4, 0.5) is 0 Å². The van der Waals surface area contributed by atoms with Crippen LogP contribution in [0.1, 0.15) is 49.7 Å². The molecule has 0 amide bonds. The molecule has 1 aromatic carbocycles. The average molecular weight is 365 g/mol. The van der Waals surface area contributed by atoms with Crippen LogP contribution in [0.2, 0.25) is 0 Å². The van der Waals surface area contributed by atoms with Crippen LogP contribution in [0.25, 0.3) is 0 Å². The number of methoxy groups -OCH3 is 1. The Kier molecular flexibility index (Phi) is 3.58. The molecule has 1 aromatic rings. The monoisotopic (exact) mass is 364 g/mol. The summed E-state index contributed by atoms with van der Waals surface area (Å²) in [6, 6.07) is 6.65. The van der Waals surface area contributed by atoms with E-state index in [1.165, 1.54) is 24.8 Å². The van der Waals surface area contributed by atoms with E-state index in [2.05, 4.69) is 41.1 Å². The molecule has 1 N–H and O–H groups in total. The number of rotatable bonds is 1. The zero-order valence-corrected chi connectivity index (χ0v) is 15.0. The number of alkyl halides is 1. The first-order valence-corrected chi connectivity index (χ1v) is 9.45. The molecule has 0 saturated heterocycles. The van der Waals surface area contributed by atoms with Crippen molar-refractivity contribution in [3.8, 4) is 5.75 Å². The Balaban J connectivity index is 1.69. The van der Waals surface area contributed by atoms with E-state index in [1.807, 2.05) is 0 Å². The molecule has 0 aliphatic heterocycles. The maximum absolute atomic E-state index is 10.4. The van der Waals surface area contributed by atoms with Crippen molar-refractivity contribution >= 4 is 15.9 Å². The highest BCUT2D eigenvalue weighted by Crippen LogP contribution is 2.62. The van der Waals surface area contributed by atoms with Gasteiger partial charge in [0.25, 0.3) is 0 Å². The van der Waals surface area contributed by atoms with E-state index in [1.54, 1.807) is 12.7 Å². The third-order valence-corrected chi connectivity index (χ3v) is 8.49. The summed E-state index contributed by atoms with van der Waals surface area (Å²) in [6.45, 7) is 2.40. The normalized spacial score (nSPS) is 43.2. The van der Waals surface area contributed by atoms with Crippen LogP contribution < -0.4 is 4.74 Å². The van der Waals surface area contributed by atoms with Crippen molar-refractivity contribution < 1.29 is 9.84 Å². The fourth-order valence-electron chi connectivity index (χ4n) is 5.64. The molecule has 3 heteroatoms. The number of aliphatic hydroxyl groups excluding tert-OH is 1. The van der Waals surface area contributed by atoms with E-state index >= 15 is 0 Å². The highest BCUT2D eigenvalue weighted by atomic mass is 79.9. The Bertz CT molecular complexity index is 587. The van der Waals surface area contributed by atoms with Gasteiger partial charge in [-0.25, -0.2) is 0 Å². The molecule has 6 atom stereocenters. The van der Waals surface area contributed by atoms with Gasteiger partial charge in [-0.2, -0.15) is 0 Å². The van der Waals surface area contributed by atoms with Crippen LogP contribution in [0.5, 0.6) is 5.75 Å². The third kappa shape index (κ3) is 2.01. The van der Waals surface area contributed by atoms with Crippen molar-refractivity contribution in [3.05, 3.63) is 29.3 Å². The van der Waals surface area contributed by atoms with Gasteiger partial charge in [-0.1, -0.05) is 28.9 Å². The van der Waals surface area contributed by atoms with E-state index in [0.717, 1.165) is 24.5 Å². The highest BCUT2D eigenvalue weighted by molar-refractivity contribution is 9.09. The molecule has 0 radical (unpaired) electrons. The predicted molar refractivity (Wildman–Crippen MR) is 91.7 cm³/mol. The zero-order chi connectivity index (χ0) is 15.5. The number of aryl methyl sites for hydroxylation is 1. The van der Waals surface area contributed by atoms with Gasteiger partial charge < -0.3 is 9.84 Å². The number of halogens is 1. The van der Waals surface area contributed by atoms with Crippen molar-refractivity contribution in [2.24, 2.45) is 17.3 Å². The summed E-state index contributed by atoms with van der Waals surface area (Å²) in [5.41, 5.74) is 3.30. The maximum atomic E-state index is 10.4. The third-order valence-electron chi connectivity index (χ3n) is 6.83. The molecule has 0 spiro atoms. The second kappa shape index (κ2) is 5.24. The summed E-state index contributed by atoms with van der Waals surface area (Å²) in [4.78, 5) is 0.267. The molecule has 4 rings (SSSR count). The molecule has 22 heavy (non-hydrogen) atoms. The first-order valence-electron chi connectivity index (χ1n) is 8.53. The second-order valence-corrected chi connectivity index (χ2v) is 8.72. The van der Waals surface area contributed by atoms with E-state index in [0.29, 0.717) is 11.8 Å². The van der Waals surface area contributed by atoms with Crippen molar-refractivity contribution in [1.29, 1.82) is 0 Å². The van der Waals surface area contributed by atoms with Gasteiger partial charge in [0, 0.05) is 4.83 Å². The minimum Gasteiger partial charge on any atom is -0.497 e. The minimum atomic E-state index is -0.175. The van der Waals surface area contributed by atoms with Crippen LogP contribution >= 0.6 is 15.9 Å². The van der Waals surface area contributed by atoms with Crippen LogP contribution in [-0.2, 0) is 6.42 Å². The Hall–Kier alpha value is -0.540. The molecule has 2 fully saturated rings. The highest BCUT2D eigenvalue weighted by Gasteiger charge is 2.57. The maximum Gasteiger partial charge on any atom is 0.119 e. The molecule has 120 valence electrons. The van der Waals surface area contributed by atoms with Crippen LogP contribution in [0.15, 0.2) is 18.2 Å². The van der Waals surface area contributed by atoms with Gasteiger partial charge in [0.1, 0.15) is 5.75 Å². The predicted octanol–water partition coefficient (Wildman–Crippen LogP) is 4.29. The fraction of sp³-hybridized carbons (Fsp3) is 0.684. The quantitative estimate of drug-likeness (QED) is 0.753. The standard InChI is InChI=1S/C19H25BrO2/c1-19-8-7-14-13-6-4-12(22-2)9-11(13)3-5-15(14)16(19)10-17(21)18(19)20/h4,6,9,14-18,21H,3,5,7-8,10H2,1-2H3/t14-,15+,16+,17-,18-,19+/m1/s1. The molecular formula is C19H25BrO2. The van der Waals surface area contributed by atoms with Crippen molar-refractivity contribution in [2.75, 3.05) is 7.11 Å². The Labute approximate surface area is 141 Å². The topological polar surface area (TPSA) is 29.5 Å². The first-order chi connectivity index (χ1) is 10.5. The SMILES string of the molecule is COc1ccc2c(c1)CC[C@H]1[C@@H]2CC[C@]2(C)[C@H](Br)[C@H](O)C[C@@H]12. The van der Waals surface area contributed by atoms with E-state index < -0.39 is 0 Å². The summed E-state index contributed by atoms with van der Waals surface area (Å²) < 4.78 is 5.39. The summed E-state index contributed by atoms with van der Waals surface area (Å²) in [5.74, 6) is 3.05. The number of hydrogen-bond donors (Lipinski definition) is 1. The fourth-order valence-corrected chi connectivity index (χ4v) is 6.42. The van der Waals surface area contributed by atoms with Crippen molar-refractivity contribution in [3.63, 3.8) is 0 Å². The smallest absolute Gasteiger partial charge is 0.119 e. The lowest BCUT2D eigenvalue weighted by atomic mass is 9.56. The van der Waals surface area contributed by atoms with Gasteiger partial charge >= 0.3 is 0 Å². The minimum absolute atomic E-state index is 0.175. The number of benzene rings is 1. The molecule has 3 aliphatic carbocycles. The molecule has 0 bridgehead atoms. The Morgan fingerprint density at radius 3 is 2.91 bits per heavy atom. The average Bonchev–Trinajstić information content (AvgIpc) is 2.77. The van der Waals surface area contributed by atoms with E-state index in [9.17, 15) is 5.11 Å². The first kappa shape index (κ1) is 15.0. The molecular weight excluding hydrogens is 340 g/mol. The zero-order valence-electron chi connectivity index (χ0n) is 13.4. The van der Waals surface area contributed by atoms with Gasteiger partial charge in [0.15, 0.2) is 0 Å². The van der Waals surface area contributed by atoms with Gasteiger partial charge in [-0.3, -0.25) is 0 Å². The lowest BCUT2D eigenvalue weighted by molar-refractivity contribution is 0.0640. The summed E-state index contributed by atoms with van der Waals surface area (Å²) >= 11 is 3.80. The van der Waals surface area contributed by atoms with Crippen LogP contribution in [0, 0.1) is 17.3 Å². The molecule has 2 saturated carbocycles. The Morgan fingerprint density at radius 2 is 2.14 bits per heavy atom. The number of ether oxygens (including phenoxy) is 1. The summed E-state index contributed by atoms with van der Waals surface area (Å²) in [6.07, 6.45) is 5.69. The number of fused-ring (bicyclic) bond motifs is 5. The molecule has 0 heterocycles. The summed E-state index contributed by atoms with van der Waals surface area (Å²) in [7, 11) is 1.75. The lowest BCUT2D eigenvalue weighted by Crippen LogP contribution is -2.43. The number of hydrogen-bond acceptors (Lipinski definition) is 2. The van der Waals surface area contributed by atoms with Gasteiger partial charge in [0.2, 0.25) is 0 Å². The lowest BCUT2D eigenvalue weighted by Gasteiger charge is -2.50. The van der Waals surface area contributed by atoms with Crippen molar-refractivity contribution in [1.82, 2.24) is 0 Å². The largest absolute Gasteiger partial charge is 0.497 e. The molecule has 3 aliphatic rings. The van der Waals surface area contributed by atoms with Crippen LogP contribution in [0.3, 0.4) is 0 Å². The molecule has 2 nitrogen and oxygen atoms in total. The Morgan fingerprint density at radius 1 is 1.32 bits per heavy atom. The van der Waals surface area contributed by atoms with E-state index in [4.69, 9.17) is 4.74 Å². The molecule has 0 unspecified atom stereocenters. The molecule has 0 aromatic heterocycles. The van der Waals surface area contributed by atoms with Gasteiger partial charge in [-0.15, -0.1) is 0 Å². The van der Waals surface area contributed by atoms with Crippen molar-refractivity contribution in [2.45, 2.75) is 55.9 Å². The van der Waals surface area contributed by atoms with E-state index in [-0.39, 0.29) is 16.3 Å². The van der Waals surface area contributed by atoms with Crippen LogP contribution in [-0.4, -0.2) is 23.1 Å². The summed E-state index contributed by atoms with van der Waals surface area (Å²) in [5, 5.41) is 10.4. The van der Waals surface area contributed by atoms with Gasteiger partial charge in [-0.05, 0) is 78.5 Å². The number of aliphatic hydroxyl groups is 1.